The molecule has 0 saturated carbocycles. The lowest BCUT2D eigenvalue weighted by atomic mass is 10.2. The Hall–Kier alpha value is 0.310. The molecule has 0 radical (unpaired) electrons. The third-order valence-electron chi connectivity index (χ3n) is 1.31. The highest BCUT2D eigenvalue weighted by atomic mass is 31.2. The molecule has 10 heavy (non-hydrogen) atoms. The summed E-state index contributed by atoms with van der Waals surface area (Å²) in [5.74, 6) is 0. The van der Waals surface area contributed by atoms with Crippen molar-refractivity contribution in [1.82, 2.24) is 0 Å². The maximum Gasteiger partial charge on any atom is 0.327 e. The van der Waals surface area contributed by atoms with Crippen LogP contribution in [0.4, 0.5) is 0 Å². The summed E-state index contributed by atoms with van der Waals surface area (Å²) in [5, 5.41) is 0. The van der Waals surface area contributed by atoms with Crippen LogP contribution in [0.5, 0.6) is 0 Å². The van der Waals surface area contributed by atoms with Gasteiger partial charge in [-0.2, -0.15) is 0 Å². The molecular formula is C6H15O3P. The summed E-state index contributed by atoms with van der Waals surface area (Å²) in [6, 6.07) is 0. The Morgan fingerprint density at radius 3 is 2.30 bits per heavy atom. The van der Waals surface area contributed by atoms with Crippen molar-refractivity contribution in [2.75, 3.05) is 0 Å². The van der Waals surface area contributed by atoms with E-state index in [0.29, 0.717) is 0 Å². The maximum atomic E-state index is 8.48. The standard InChI is InChI=1S/C6H15O3P/c1-3-5-6(4-2)9-10(7)8/h6-8H,3-5H2,1-2H3. The average Bonchev–Trinajstić information content (AvgIpc) is 1.86. The third-order valence-corrected chi connectivity index (χ3v) is 1.80. The second-order valence-corrected chi connectivity index (χ2v) is 2.89. The fourth-order valence-electron chi connectivity index (χ4n) is 0.787. The van der Waals surface area contributed by atoms with Crippen LogP contribution in [0.15, 0.2) is 0 Å². The summed E-state index contributed by atoms with van der Waals surface area (Å²) in [5.41, 5.74) is 0. The van der Waals surface area contributed by atoms with Gasteiger partial charge in [0.1, 0.15) is 0 Å². The lowest BCUT2D eigenvalue weighted by Gasteiger charge is -2.14. The van der Waals surface area contributed by atoms with Gasteiger partial charge >= 0.3 is 8.60 Å². The number of hydrogen-bond donors (Lipinski definition) is 2. The van der Waals surface area contributed by atoms with E-state index < -0.39 is 8.60 Å². The molecule has 0 saturated heterocycles. The van der Waals surface area contributed by atoms with Gasteiger partial charge in [-0.3, -0.25) is 0 Å². The van der Waals surface area contributed by atoms with E-state index >= 15 is 0 Å². The number of hydrogen-bond acceptors (Lipinski definition) is 3. The highest BCUT2D eigenvalue weighted by Crippen LogP contribution is 2.29. The highest BCUT2D eigenvalue weighted by Gasteiger charge is 2.09. The quantitative estimate of drug-likeness (QED) is 0.612. The first kappa shape index (κ1) is 10.3. The molecule has 2 N–H and O–H groups in total. The Bertz CT molecular complexity index is 77.4. The predicted molar refractivity (Wildman–Crippen MR) is 41.4 cm³/mol. The molecule has 4 heteroatoms. The molecule has 0 amide bonds. The molecule has 0 aliphatic carbocycles. The van der Waals surface area contributed by atoms with E-state index in [-0.39, 0.29) is 6.10 Å². The van der Waals surface area contributed by atoms with Gasteiger partial charge in [-0.1, -0.05) is 20.3 Å². The Balaban J connectivity index is 3.39. The Kier molecular flexibility index (Phi) is 6.24. The van der Waals surface area contributed by atoms with Gasteiger partial charge in [0.15, 0.2) is 0 Å². The van der Waals surface area contributed by atoms with Gasteiger partial charge in [0.2, 0.25) is 0 Å². The van der Waals surface area contributed by atoms with E-state index in [1.54, 1.807) is 0 Å². The molecule has 0 aromatic heterocycles. The van der Waals surface area contributed by atoms with Crippen molar-refractivity contribution >= 4 is 8.60 Å². The summed E-state index contributed by atoms with van der Waals surface area (Å²) in [6.45, 7) is 4.02. The fourth-order valence-corrected chi connectivity index (χ4v) is 1.31. The van der Waals surface area contributed by atoms with Crippen LogP contribution in [0.25, 0.3) is 0 Å². The molecule has 0 fully saturated rings. The highest BCUT2D eigenvalue weighted by molar-refractivity contribution is 7.39. The van der Waals surface area contributed by atoms with Crippen LogP contribution in [0.1, 0.15) is 33.1 Å². The van der Waals surface area contributed by atoms with E-state index in [2.05, 4.69) is 0 Å². The van der Waals surface area contributed by atoms with Crippen molar-refractivity contribution in [3.05, 3.63) is 0 Å². The molecule has 0 aliphatic rings. The largest absolute Gasteiger partial charge is 0.328 e. The Morgan fingerprint density at radius 2 is 2.00 bits per heavy atom. The summed E-state index contributed by atoms with van der Waals surface area (Å²) >= 11 is 0. The zero-order valence-corrected chi connectivity index (χ0v) is 7.34. The zero-order chi connectivity index (χ0) is 7.98. The SMILES string of the molecule is CCCC(CC)OP(O)O. The maximum absolute atomic E-state index is 8.48. The monoisotopic (exact) mass is 166 g/mol. The third kappa shape index (κ3) is 5.12. The smallest absolute Gasteiger partial charge is 0.327 e. The minimum absolute atomic E-state index is 0.0195. The van der Waals surface area contributed by atoms with Crippen molar-refractivity contribution in [2.45, 2.75) is 39.2 Å². The van der Waals surface area contributed by atoms with Crippen LogP contribution in [0, 0.1) is 0 Å². The lowest BCUT2D eigenvalue weighted by molar-refractivity contribution is 0.157. The summed E-state index contributed by atoms with van der Waals surface area (Å²) in [7, 11) is -2.16. The van der Waals surface area contributed by atoms with E-state index in [0.717, 1.165) is 19.3 Å². The van der Waals surface area contributed by atoms with E-state index in [9.17, 15) is 0 Å². The second-order valence-electron chi connectivity index (χ2n) is 2.18. The van der Waals surface area contributed by atoms with Crippen LogP contribution >= 0.6 is 8.60 Å². The molecule has 62 valence electrons. The van der Waals surface area contributed by atoms with E-state index in [1.807, 2.05) is 13.8 Å². The molecule has 3 nitrogen and oxygen atoms in total. The Morgan fingerprint density at radius 1 is 1.40 bits per heavy atom. The van der Waals surface area contributed by atoms with Crippen LogP contribution in [-0.2, 0) is 4.52 Å². The molecule has 1 atom stereocenters. The summed E-state index contributed by atoms with van der Waals surface area (Å²) < 4.78 is 4.82. The van der Waals surface area contributed by atoms with Gasteiger partial charge in [-0.15, -0.1) is 0 Å². The van der Waals surface area contributed by atoms with Gasteiger partial charge in [0.25, 0.3) is 0 Å². The van der Waals surface area contributed by atoms with Crippen molar-refractivity contribution in [3.63, 3.8) is 0 Å². The molecule has 0 bridgehead atoms. The fraction of sp³-hybridized carbons (Fsp3) is 1.00. The topological polar surface area (TPSA) is 49.7 Å². The lowest BCUT2D eigenvalue weighted by Crippen LogP contribution is -2.07. The normalized spacial score (nSPS) is 14.1. The van der Waals surface area contributed by atoms with Gasteiger partial charge < -0.3 is 14.3 Å². The predicted octanol–water partition coefficient (Wildman–Crippen LogP) is 1.79. The summed E-state index contributed by atoms with van der Waals surface area (Å²) in [6.07, 6.45) is 2.78. The van der Waals surface area contributed by atoms with Crippen molar-refractivity contribution in [2.24, 2.45) is 0 Å². The Labute approximate surface area is 63.0 Å². The molecule has 0 rings (SSSR count). The average molecular weight is 166 g/mol. The van der Waals surface area contributed by atoms with Crippen LogP contribution in [-0.4, -0.2) is 15.9 Å². The molecule has 1 unspecified atom stereocenters. The van der Waals surface area contributed by atoms with Crippen LogP contribution < -0.4 is 0 Å². The van der Waals surface area contributed by atoms with E-state index in [4.69, 9.17) is 14.3 Å². The van der Waals surface area contributed by atoms with Gasteiger partial charge in [0.05, 0.1) is 6.10 Å². The molecule has 0 spiro atoms. The van der Waals surface area contributed by atoms with Crippen molar-refractivity contribution < 1.29 is 14.3 Å². The first-order valence-corrected chi connectivity index (χ1v) is 4.71. The minimum Gasteiger partial charge on any atom is -0.328 e. The first-order valence-electron chi connectivity index (χ1n) is 3.55. The first-order chi connectivity index (χ1) is 4.70. The molecule has 0 aromatic carbocycles. The second kappa shape index (κ2) is 6.05. The van der Waals surface area contributed by atoms with Crippen molar-refractivity contribution in [3.8, 4) is 0 Å². The van der Waals surface area contributed by atoms with E-state index in [1.165, 1.54) is 0 Å². The minimum atomic E-state index is -2.16. The molecule has 0 heterocycles. The van der Waals surface area contributed by atoms with Gasteiger partial charge in [0, 0.05) is 0 Å². The van der Waals surface area contributed by atoms with Crippen molar-refractivity contribution in [1.29, 1.82) is 0 Å². The van der Waals surface area contributed by atoms with Crippen LogP contribution in [0.2, 0.25) is 0 Å². The molecule has 0 aromatic rings. The van der Waals surface area contributed by atoms with Gasteiger partial charge in [-0.25, -0.2) is 0 Å². The van der Waals surface area contributed by atoms with Gasteiger partial charge in [-0.05, 0) is 12.8 Å². The van der Waals surface area contributed by atoms with Crippen LogP contribution in [0.3, 0.4) is 0 Å². The summed E-state index contributed by atoms with van der Waals surface area (Å²) in [4.78, 5) is 17.0. The number of rotatable bonds is 5. The molecular weight excluding hydrogens is 151 g/mol. The zero-order valence-electron chi connectivity index (χ0n) is 6.45. The molecule has 0 aliphatic heterocycles.